The van der Waals surface area contributed by atoms with Crippen LogP contribution in [0, 0.1) is 12.7 Å². The Morgan fingerprint density at radius 1 is 1.50 bits per heavy atom. The van der Waals surface area contributed by atoms with E-state index in [1.54, 1.807) is 26.0 Å². The first-order valence-electron chi connectivity index (χ1n) is 5.79. The number of rotatable bonds is 6. The van der Waals surface area contributed by atoms with E-state index in [4.69, 9.17) is 15.2 Å². The van der Waals surface area contributed by atoms with Crippen LogP contribution >= 0.6 is 0 Å². The third-order valence-corrected chi connectivity index (χ3v) is 2.43. The van der Waals surface area contributed by atoms with Gasteiger partial charge >= 0.3 is 5.97 Å². The second-order valence-corrected chi connectivity index (χ2v) is 3.94. The third-order valence-electron chi connectivity index (χ3n) is 2.43. The summed E-state index contributed by atoms with van der Waals surface area (Å²) in [6.07, 6.45) is 0. The van der Waals surface area contributed by atoms with Crippen LogP contribution in [-0.4, -0.2) is 25.8 Å². The highest BCUT2D eigenvalue weighted by molar-refractivity contribution is 5.70. The highest BCUT2D eigenvalue weighted by Gasteiger charge is 2.09. The molecule has 0 bridgehead atoms. The van der Waals surface area contributed by atoms with Gasteiger partial charge in [-0.25, -0.2) is 9.18 Å². The van der Waals surface area contributed by atoms with Gasteiger partial charge in [0.1, 0.15) is 12.4 Å². The van der Waals surface area contributed by atoms with Crippen molar-refractivity contribution in [3.63, 3.8) is 0 Å². The molecule has 0 aliphatic carbocycles. The van der Waals surface area contributed by atoms with Gasteiger partial charge in [0.05, 0.1) is 19.3 Å². The molecule has 0 fully saturated rings. The maximum absolute atomic E-state index is 13.1. The van der Waals surface area contributed by atoms with E-state index in [1.165, 1.54) is 6.07 Å². The minimum Gasteiger partial charge on any atom is -0.464 e. The zero-order valence-electron chi connectivity index (χ0n) is 10.6. The van der Waals surface area contributed by atoms with Crippen LogP contribution in [0.4, 0.5) is 4.39 Å². The summed E-state index contributed by atoms with van der Waals surface area (Å²) in [6.45, 7) is 3.78. The Kier molecular flexibility index (Phi) is 5.74. The predicted molar refractivity (Wildman–Crippen MR) is 65.5 cm³/mol. The molecule has 1 atom stereocenters. The van der Waals surface area contributed by atoms with E-state index < -0.39 is 12.0 Å². The van der Waals surface area contributed by atoms with E-state index >= 15 is 0 Å². The van der Waals surface area contributed by atoms with Gasteiger partial charge in [0.15, 0.2) is 0 Å². The molecule has 2 N–H and O–H groups in total. The van der Waals surface area contributed by atoms with Crippen molar-refractivity contribution < 1.29 is 18.7 Å². The number of carbonyl (C=O) groups is 1. The van der Waals surface area contributed by atoms with Crippen molar-refractivity contribution in [3.05, 3.63) is 35.1 Å². The van der Waals surface area contributed by atoms with Gasteiger partial charge in [-0.2, -0.15) is 0 Å². The first kappa shape index (κ1) is 14.6. The van der Waals surface area contributed by atoms with Crippen LogP contribution in [0.15, 0.2) is 18.2 Å². The highest BCUT2D eigenvalue weighted by Crippen LogP contribution is 2.15. The molecule has 5 heteroatoms. The summed E-state index contributed by atoms with van der Waals surface area (Å²) >= 11 is 0. The number of nitrogens with two attached hydrogens (primary N) is 1. The molecule has 0 saturated carbocycles. The molecule has 1 unspecified atom stereocenters. The molecule has 0 radical (unpaired) electrons. The fraction of sp³-hybridized carbons (Fsp3) is 0.462. The fourth-order valence-electron chi connectivity index (χ4n) is 1.47. The Balaban J connectivity index is 2.43. The van der Waals surface area contributed by atoms with Gasteiger partial charge < -0.3 is 15.2 Å². The summed E-state index contributed by atoms with van der Waals surface area (Å²) in [5.74, 6) is -0.682. The van der Waals surface area contributed by atoms with Crippen LogP contribution in [0.1, 0.15) is 24.1 Å². The average molecular weight is 255 g/mol. The van der Waals surface area contributed by atoms with Crippen molar-refractivity contribution >= 4 is 5.97 Å². The monoisotopic (exact) mass is 255 g/mol. The average Bonchev–Trinajstić information content (AvgIpc) is 2.33. The van der Waals surface area contributed by atoms with Gasteiger partial charge in [-0.05, 0) is 31.0 Å². The van der Waals surface area contributed by atoms with Gasteiger partial charge in [0, 0.05) is 0 Å². The number of esters is 1. The second kappa shape index (κ2) is 7.08. The topological polar surface area (TPSA) is 61.5 Å². The molecular formula is C13H18FNO3. The molecule has 0 aromatic heterocycles. The standard InChI is InChI=1S/C13H18FNO3/c1-3-18-13(16)8-17-7-12(15)10-4-5-11(14)9(2)6-10/h4-6,12H,3,7-8,15H2,1-2H3. The van der Waals surface area contributed by atoms with Gasteiger partial charge in [0.2, 0.25) is 0 Å². The molecule has 0 saturated heterocycles. The predicted octanol–water partition coefficient (Wildman–Crippen LogP) is 1.71. The Labute approximate surface area is 106 Å². The number of aryl methyl sites for hydroxylation is 1. The number of halogens is 1. The third kappa shape index (κ3) is 4.43. The fourth-order valence-corrected chi connectivity index (χ4v) is 1.47. The van der Waals surface area contributed by atoms with Gasteiger partial charge in [0.25, 0.3) is 0 Å². The Morgan fingerprint density at radius 3 is 2.83 bits per heavy atom. The smallest absolute Gasteiger partial charge is 0.332 e. The van der Waals surface area contributed by atoms with E-state index in [0.717, 1.165) is 5.56 Å². The Bertz CT molecular complexity index is 409. The molecule has 1 aromatic rings. The molecule has 0 aliphatic rings. The number of hydrogen-bond acceptors (Lipinski definition) is 4. The SMILES string of the molecule is CCOC(=O)COCC(N)c1ccc(F)c(C)c1. The molecular weight excluding hydrogens is 237 g/mol. The molecule has 18 heavy (non-hydrogen) atoms. The van der Waals surface area contributed by atoms with Crippen molar-refractivity contribution in [1.82, 2.24) is 0 Å². The second-order valence-electron chi connectivity index (χ2n) is 3.94. The van der Waals surface area contributed by atoms with Crippen molar-refractivity contribution in [3.8, 4) is 0 Å². The molecule has 4 nitrogen and oxygen atoms in total. The van der Waals surface area contributed by atoms with E-state index in [9.17, 15) is 9.18 Å². The zero-order valence-corrected chi connectivity index (χ0v) is 10.6. The lowest BCUT2D eigenvalue weighted by molar-refractivity contribution is -0.148. The van der Waals surface area contributed by atoms with Crippen molar-refractivity contribution in [2.75, 3.05) is 19.8 Å². The first-order valence-corrected chi connectivity index (χ1v) is 5.79. The van der Waals surface area contributed by atoms with E-state index in [-0.39, 0.29) is 19.0 Å². The molecule has 1 rings (SSSR count). The number of hydrogen-bond donors (Lipinski definition) is 1. The lowest BCUT2D eigenvalue weighted by Crippen LogP contribution is -2.21. The lowest BCUT2D eigenvalue weighted by atomic mass is 10.1. The molecule has 1 aromatic carbocycles. The molecule has 0 aliphatic heterocycles. The number of ether oxygens (including phenoxy) is 2. The van der Waals surface area contributed by atoms with Crippen molar-refractivity contribution in [2.24, 2.45) is 5.73 Å². The summed E-state index contributed by atoms with van der Waals surface area (Å²) in [5.41, 5.74) is 7.19. The van der Waals surface area contributed by atoms with Gasteiger partial charge in [-0.3, -0.25) is 0 Å². The number of benzene rings is 1. The maximum Gasteiger partial charge on any atom is 0.332 e. The summed E-state index contributed by atoms with van der Waals surface area (Å²) in [5, 5.41) is 0. The minimum atomic E-state index is -0.417. The van der Waals surface area contributed by atoms with Crippen LogP contribution in [0.3, 0.4) is 0 Å². The molecule has 0 heterocycles. The van der Waals surface area contributed by atoms with Crippen LogP contribution in [0.5, 0.6) is 0 Å². The number of carbonyl (C=O) groups excluding carboxylic acids is 1. The van der Waals surface area contributed by atoms with Crippen LogP contribution in [-0.2, 0) is 14.3 Å². The Hall–Kier alpha value is -1.46. The zero-order chi connectivity index (χ0) is 13.5. The van der Waals surface area contributed by atoms with Crippen LogP contribution in [0.2, 0.25) is 0 Å². The largest absolute Gasteiger partial charge is 0.464 e. The van der Waals surface area contributed by atoms with Gasteiger partial charge in [-0.15, -0.1) is 0 Å². The summed E-state index contributed by atoms with van der Waals surface area (Å²) < 4.78 is 22.9. The Morgan fingerprint density at radius 2 is 2.22 bits per heavy atom. The highest BCUT2D eigenvalue weighted by atomic mass is 19.1. The molecule has 0 spiro atoms. The molecule has 0 amide bonds. The maximum atomic E-state index is 13.1. The minimum absolute atomic E-state index is 0.123. The van der Waals surface area contributed by atoms with E-state index in [0.29, 0.717) is 12.2 Å². The normalized spacial score (nSPS) is 12.2. The summed E-state index contributed by atoms with van der Waals surface area (Å²) in [7, 11) is 0. The van der Waals surface area contributed by atoms with Crippen LogP contribution < -0.4 is 5.73 Å². The molecule has 100 valence electrons. The van der Waals surface area contributed by atoms with E-state index in [2.05, 4.69) is 0 Å². The summed E-state index contributed by atoms with van der Waals surface area (Å²) in [6, 6.07) is 4.27. The summed E-state index contributed by atoms with van der Waals surface area (Å²) in [4.78, 5) is 11.0. The first-order chi connectivity index (χ1) is 8.54. The lowest BCUT2D eigenvalue weighted by Gasteiger charge is -2.13. The van der Waals surface area contributed by atoms with Crippen molar-refractivity contribution in [1.29, 1.82) is 0 Å². The van der Waals surface area contributed by atoms with Crippen molar-refractivity contribution in [2.45, 2.75) is 19.9 Å². The van der Waals surface area contributed by atoms with Crippen LogP contribution in [0.25, 0.3) is 0 Å². The quantitative estimate of drug-likeness (QED) is 0.786. The van der Waals surface area contributed by atoms with E-state index in [1.807, 2.05) is 0 Å². The van der Waals surface area contributed by atoms with Gasteiger partial charge in [-0.1, -0.05) is 12.1 Å².